The van der Waals surface area contributed by atoms with E-state index in [2.05, 4.69) is 15.3 Å². The molecule has 0 aliphatic rings. The van der Waals surface area contributed by atoms with Crippen LogP contribution in [0.5, 0.6) is 0 Å². The normalized spacial score (nSPS) is 11.3. The van der Waals surface area contributed by atoms with Crippen LogP contribution < -0.4 is 5.32 Å². The number of amides is 2. The Hall–Kier alpha value is -1.63. The van der Waals surface area contributed by atoms with Gasteiger partial charge in [-0.15, -0.1) is 0 Å². The van der Waals surface area contributed by atoms with Gasteiger partial charge in [-0.25, -0.2) is 9.97 Å². The summed E-state index contributed by atoms with van der Waals surface area (Å²) in [6, 6.07) is 0. The number of aromatic nitrogens is 2. The molecule has 1 aromatic rings. The predicted octanol–water partition coefficient (Wildman–Crippen LogP) is 2.12. The van der Waals surface area contributed by atoms with Crippen LogP contribution in [-0.4, -0.2) is 52.1 Å². The van der Waals surface area contributed by atoms with E-state index in [1.165, 1.54) is 16.7 Å². The van der Waals surface area contributed by atoms with Gasteiger partial charge in [0.05, 0.1) is 6.54 Å². The van der Waals surface area contributed by atoms with Crippen molar-refractivity contribution in [2.24, 2.45) is 0 Å². The van der Waals surface area contributed by atoms with Gasteiger partial charge in [0.15, 0.2) is 5.16 Å². The number of likely N-dealkylation sites (N-methyl/N-ethyl adjacent to an activating group) is 1. The Morgan fingerprint density at radius 3 is 2.17 bits per heavy atom. The smallest absolute Gasteiger partial charge is 0.240 e. The standard InChI is InChI=1S/C17H28N4O2S/c1-11-13(12(2)19-16(18-11)24-7)8-9-15(23)21(6)10-14(22)20-17(3,4)5/h8-10H2,1-7H3,(H,20,22). The summed E-state index contributed by atoms with van der Waals surface area (Å²) in [7, 11) is 1.65. The SMILES string of the molecule is CSc1nc(C)c(CCC(=O)N(C)CC(=O)NC(C)(C)C)c(C)n1. The number of nitrogens with one attached hydrogen (secondary N) is 1. The van der Waals surface area contributed by atoms with Crippen molar-refractivity contribution in [1.82, 2.24) is 20.2 Å². The van der Waals surface area contributed by atoms with Gasteiger partial charge in [-0.05, 0) is 52.9 Å². The summed E-state index contributed by atoms with van der Waals surface area (Å²) in [6.45, 7) is 9.68. The number of hydrogen-bond donors (Lipinski definition) is 1. The van der Waals surface area contributed by atoms with Gasteiger partial charge in [0, 0.05) is 30.4 Å². The van der Waals surface area contributed by atoms with Crippen molar-refractivity contribution < 1.29 is 9.59 Å². The Balaban J connectivity index is 2.61. The second-order valence-electron chi connectivity index (χ2n) is 6.91. The van der Waals surface area contributed by atoms with E-state index in [0.29, 0.717) is 12.8 Å². The minimum atomic E-state index is -0.300. The van der Waals surface area contributed by atoms with E-state index in [1.807, 2.05) is 40.9 Å². The topological polar surface area (TPSA) is 75.2 Å². The fourth-order valence-electron chi connectivity index (χ4n) is 2.35. The number of nitrogens with zero attached hydrogens (tertiary/aromatic N) is 3. The molecule has 0 radical (unpaired) electrons. The lowest BCUT2D eigenvalue weighted by Crippen LogP contribution is -2.46. The zero-order chi connectivity index (χ0) is 18.5. The number of aryl methyl sites for hydroxylation is 2. The fourth-order valence-corrected chi connectivity index (χ4v) is 2.80. The highest BCUT2D eigenvalue weighted by molar-refractivity contribution is 7.98. The molecule has 0 bridgehead atoms. The molecule has 0 unspecified atom stereocenters. The summed E-state index contributed by atoms with van der Waals surface area (Å²) in [5.41, 5.74) is 2.53. The van der Waals surface area contributed by atoms with Crippen LogP contribution in [0.3, 0.4) is 0 Å². The lowest BCUT2D eigenvalue weighted by Gasteiger charge is -2.23. The van der Waals surface area contributed by atoms with Crippen LogP contribution in [0.15, 0.2) is 5.16 Å². The molecule has 2 amide bonds. The van der Waals surface area contributed by atoms with Crippen LogP contribution in [0.2, 0.25) is 0 Å². The van der Waals surface area contributed by atoms with Gasteiger partial charge in [-0.2, -0.15) is 0 Å². The van der Waals surface area contributed by atoms with E-state index < -0.39 is 0 Å². The number of hydrogen-bond acceptors (Lipinski definition) is 5. The van der Waals surface area contributed by atoms with Gasteiger partial charge >= 0.3 is 0 Å². The highest BCUT2D eigenvalue weighted by Gasteiger charge is 2.18. The summed E-state index contributed by atoms with van der Waals surface area (Å²) >= 11 is 1.50. The second kappa shape index (κ2) is 8.46. The first-order valence-corrected chi connectivity index (χ1v) is 9.19. The first-order valence-electron chi connectivity index (χ1n) is 7.96. The molecular formula is C17H28N4O2S. The number of thioether (sulfide) groups is 1. The average molecular weight is 353 g/mol. The van der Waals surface area contributed by atoms with Crippen molar-refractivity contribution in [2.45, 2.75) is 58.2 Å². The zero-order valence-electron chi connectivity index (χ0n) is 15.7. The molecule has 0 saturated carbocycles. The first kappa shape index (κ1) is 20.4. The molecule has 0 saturated heterocycles. The Morgan fingerprint density at radius 1 is 1.17 bits per heavy atom. The Morgan fingerprint density at radius 2 is 1.71 bits per heavy atom. The highest BCUT2D eigenvalue weighted by Crippen LogP contribution is 2.17. The van der Waals surface area contributed by atoms with E-state index in [1.54, 1.807) is 7.05 Å². The van der Waals surface area contributed by atoms with Gasteiger partial charge in [-0.1, -0.05) is 11.8 Å². The molecule has 1 aromatic heterocycles. The third kappa shape index (κ3) is 6.47. The molecule has 6 nitrogen and oxygen atoms in total. The highest BCUT2D eigenvalue weighted by atomic mass is 32.2. The second-order valence-corrected chi connectivity index (χ2v) is 7.68. The van der Waals surface area contributed by atoms with Crippen molar-refractivity contribution in [3.63, 3.8) is 0 Å². The molecule has 0 aromatic carbocycles. The Kier molecular flexibility index (Phi) is 7.20. The maximum atomic E-state index is 12.3. The lowest BCUT2D eigenvalue weighted by molar-refractivity contribution is -0.135. The average Bonchev–Trinajstić information content (AvgIpc) is 2.43. The monoisotopic (exact) mass is 352 g/mol. The third-order valence-electron chi connectivity index (χ3n) is 3.49. The van der Waals surface area contributed by atoms with Crippen LogP contribution in [0.1, 0.15) is 44.1 Å². The molecule has 1 N–H and O–H groups in total. The fraction of sp³-hybridized carbons (Fsp3) is 0.647. The molecule has 24 heavy (non-hydrogen) atoms. The molecular weight excluding hydrogens is 324 g/mol. The summed E-state index contributed by atoms with van der Waals surface area (Å²) in [4.78, 5) is 34.5. The first-order chi connectivity index (χ1) is 11.0. The zero-order valence-corrected chi connectivity index (χ0v) is 16.5. The molecule has 0 fully saturated rings. The minimum Gasteiger partial charge on any atom is -0.350 e. The minimum absolute atomic E-state index is 0.0631. The van der Waals surface area contributed by atoms with Gasteiger partial charge in [0.2, 0.25) is 11.8 Å². The van der Waals surface area contributed by atoms with Crippen molar-refractivity contribution in [3.8, 4) is 0 Å². The van der Waals surface area contributed by atoms with E-state index in [0.717, 1.165) is 22.1 Å². The molecule has 0 aliphatic carbocycles. The number of carbonyl (C=O) groups is 2. The van der Waals surface area contributed by atoms with Crippen molar-refractivity contribution >= 4 is 23.6 Å². The van der Waals surface area contributed by atoms with Gasteiger partial charge in [0.25, 0.3) is 0 Å². The summed E-state index contributed by atoms with van der Waals surface area (Å²) < 4.78 is 0. The van der Waals surface area contributed by atoms with Crippen LogP contribution in [0.25, 0.3) is 0 Å². The molecule has 7 heteroatoms. The van der Waals surface area contributed by atoms with E-state index >= 15 is 0 Å². The van der Waals surface area contributed by atoms with Crippen molar-refractivity contribution in [2.75, 3.05) is 19.8 Å². The van der Waals surface area contributed by atoms with E-state index in [9.17, 15) is 9.59 Å². The molecule has 0 atom stereocenters. The maximum absolute atomic E-state index is 12.3. The summed E-state index contributed by atoms with van der Waals surface area (Å²) in [5.74, 6) is -0.217. The molecule has 0 aliphatic heterocycles. The summed E-state index contributed by atoms with van der Waals surface area (Å²) in [5, 5.41) is 3.60. The Labute approximate surface area is 148 Å². The van der Waals surface area contributed by atoms with Crippen molar-refractivity contribution in [3.05, 3.63) is 17.0 Å². The molecule has 1 rings (SSSR count). The lowest BCUT2D eigenvalue weighted by atomic mass is 10.1. The van der Waals surface area contributed by atoms with Crippen LogP contribution in [0.4, 0.5) is 0 Å². The molecule has 134 valence electrons. The quantitative estimate of drug-likeness (QED) is 0.627. The third-order valence-corrected chi connectivity index (χ3v) is 4.04. The van der Waals surface area contributed by atoms with Crippen molar-refractivity contribution in [1.29, 1.82) is 0 Å². The van der Waals surface area contributed by atoms with Gasteiger partial charge < -0.3 is 10.2 Å². The van der Waals surface area contributed by atoms with E-state index in [-0.39, 0.29) is 23.9 Å². The molecule has 0 spiro atoms. The Bertz CT molecular complexity index is 588. The van der Waals surface area contributed by atoms with Gasteiger partial charge in [-0.3, -0.25) is 9.59 Å². The van der Waals surface area contributed by atoms with Crippen LogP contribution in [-0.2, 0) is 16.0 Å². The molecule has 1 heterocycles. The van der Waals surface area contributed by atoms with Crippen LogP contribution in [0, 0.1) is 13.8 Å². The maximum Gasteiger partial charge on any atom is 0.240 e. The number of carbonyl (C=O) groups excluding carboxylic acids is 2. The van der Waals surface area contributed by atoms with Crippen LogP contribution >= 0.6 is 11.8 Å². The predicted molar refractivity (Wildman–Crippen MR) is 97.1 cm³/mol. The number of rotatable bonds is 6. The summed E-state index contributed by atoms with van der Waals surface area (Å²) in [6.07, 6.45) is 2.86. The largest absolute Gasteiger partial charge is 0.350 e. The van der Waals surface area contributed by atoms with E-state index in [4.69, 9.17) is 0 Å². The van der Waals surface area contributed by atoms with Gasteiger partial charge in [0.1, 0.15) is 0 Å².